The molecule has 0 radical (unpaired) electrons. The van der Waals surface area contributed by atoms with Gasteiger partial charge in [-0.1, -0.05) is 6.92 Å². The van der Waals surface area contributed by atoms with Crippen LogP contribution in [0.4, 0.5) is 21.8 Å². The molecule has 3 aromatic rings. The monoisotopic (exact) mass is 355 g/mol. The molecule has 4 rings (SSSR count). The molecule has 1 aliphatic heterocycles. The second-order valence-corrected chi connectivity index (χ2v) is 6.43. The zero-order valence-corrected chi connectivity index (χ0v) is 15.0. The highest BCUT2D eigenvalue weighted by atomic mass is 19.1. The van der Waals surface area contributed by atoms with Crippen molar-refractivity contribution in [1.29, 1.82) is 0 Å². The van der Waals surface area contributed by atoms with E-state index in [0.717, 1.165) is 49.4 Å². The van der Waals surface area contributed by atoms with Crippen LogP contribution in [0.2, 0.25) is 0 Å². The quantitative estimate of drug-likeness (QED) is 0.775. The predicted octanol–water partition coefficient (Wildman–Crippen LogP) is 2.39. The molecule has 0 amide bonds. The highest BCUT2D eigenvalue weighted by Crippen LogP contribution is 2.26. The van der Waals surface area contributed by atoms with E-state index in [2.05, 4.69) is 27.1 Å². The molecule has 0 saturated carbocycles. The Balaban J connectivity index is 1.68. The summed E-state index contributed by atoms with van der Waals surface area (Å²) in [6.45, 7) is 7.04. The van der Waals surface area contributed by atoms with E-state index in [1.54, 1.807) is 23.0 Å². The first-order valence-electron chi connectivity index (χ1n) is 8.83. The maximum Gasteiger partial charge on any atom is 0.229 e. The zero-order chi connectivity index (χ0) is 18.1. The van der Waals surface area contributed by atoms with Crippen LogP contribution in [-0.4, -0.2) is 57.4 Å². The number of rotatable bonds is 4. The summed E-state index contributed by atoms with van der Waals surface area (Å²) in [4.78, 5) is 14.1. The minimum absolute atomic E-state index is 0.265. The second-order valence-electron chi connectivity index (χ2n) is 6.43. The smallest absolute Gasteiger partial charge is 0.229 e. The first kappa shape index (κ1) is 16.7. The molecule has 136 valence electrons. The molecule has 1 saturated heterocycles. The van der Waals surface area contributed by atoms with Crippen LogP contribution >= 0.6 is 0 Å². The van der Waals surface area contributed by atoms with Gasteiger partial charge in [0.1, 0.15) is 11.6 Å². The lowest BCUT2D eigenvalue weighted by atomic mass is 10.3. The summed E-state index contributed by atoms with van der Waals surface area (Å²) < 4.78 is 14.9. The molecular weight excluding hydrogens is 333 g/mol. The van der Waals surface area contributed by atoms with E-state index in [1.165, 1.54) is 12.1 Å². The maximum absolute atomic E-state index is 13.2. The number of aromatic nitrogens is 4. The Bertz CT molecular complexity index is 898. The van der Waals surface area contributed by atoms with E-state index in [4.69, 9.17) is 9.97 Å². The van der Waals surface area contributed by atoms with Gasteiger partial charge < -0.3 is 15.1 Å². The van der Waals surface area contributed by atoms with Crippen molar-refractivity contribution in [3.05, 3.63) is 36.3 Å². The largest absolute Gasteiger partial charge is 0.339 e. The third-order valence-electron chi connectivity index (χ3n) is 4.79. The number of halogens is 1. The normalized spacial score (nSPS) is 15.6. The Morgan fingerprint density at radius 2 is 1.81 bits per heavy atom. The van der Waals surface area contributed by atoms with Crippen LogP contribution < -0.4 is 10.2 Å². The Morgan fingerprint density at radius 1 is 1.08 bits per heavy atom. The van der Waals surface area contributed by atoms with Gasteiger partial charge in [-0.25, -0.2) is 4.39 Å². The average Bonchev–Trinajstić information content (AvgIpc) is 3.05. The Kier molecular flexibility index (Phi) is 4.42. The zero-order valence-electron chi connectivity index (χ0n) is 15.0. The second kappa shape index (κ2) is 6.87. The van der Waals surface area contributed by atoms with Crippen LogP contribution in [0.1, 0.15) is 6.92 Å². The molecule has 0 unspecified atom stereocenters. The molecule has 1 aliphatic rings. The maximum atomic E-state index is 13.2. The molecule has 7 nitrogen and oxygen atoms in total. The van der Waals surface area contributed by atoms with Gasteiger partial charge >= 0.3 is 0 Å². The molecule has 0 aliphatic carbocycles. The van der Waals surface area contributed by atoms with Crippen LogP contribution in [0.25, 0.3) is 11.0 Å². The number of likely N-dealkylation sites (N-methyl/N-ethyl adjacent to an activating group) is 1. The molecule has 0 atom stereocenters. The molecule has 8 heteroatoms. The SMILES string of the molecule is CCN1CCN(c2nc(Nc3ccc(F)cc3)c3cnn(C)c3n2)CC1. The van der Waals surface area contributed by atoms with Gasteiger partial charge in [-0.15, -0.1) is 0 Å². The number of hydrogen-bond donors (Lipinski definition) is 1. The van der Waals surface area contributed by atoms with Gasteiger partial charge in [0, 0.05) is 38.9 Å². The lowest BCUT2D eigenvalue weighted by Gasteiger charge is -2.34. The van der Waals surface area contributed by atoms with Gasteiger partial charge in [-0.05, 0) is 30.8 Å². The highest BCUT2D eigenvalue weighted by Gasteiger charge is 2.20. The average molecular weight is 355 g/mol. The van der Waals surface area contributed by atoms with Gasteiger partial charge in [-0.3, -0.25) is 4.68 Å². The summed E-state index contributed by atoms with van der Waals surface area (Å²) in [7, 11) is 1.87. The molecule has 1 N–H and O–H groups in total. The fraction of sp³-hybridized carbons (Fsp3) is 0.389. The van der Waals surface area contributed by atoms with Gasteiger partial charge in [0.25, 0.3) is 0 Å². The number of hydrogen-bond acceptors (Lipinski definition) is 6. The van der Waals surface area contributed by atoms with E-state index >= 15 is 0 Å². The van der Waals surface area contributed by atoms with Crippen LogP contribution in [0, 0.1) is 5.82 Å². The lowest BCUT2D eigenvalue weighted by molar-refractivity contribution is 0.270. The molecular formula is C18H22FN7. The number of anilines is 3. The van der Waals surface area contributed by atoms with Crippen LogP contribution in [-0.2, 0) is 7.05 Å². The van der Waals surface area contributed by atoms with Crippen LogP contribution in [0.5, 0.6) is 0 Å². The number of nitrogens with one attached hydrogen (secondary N) is 1. The first-order chi connectivity index (χ1) is 12.6. The van der Waals surface area contributed by atoms with E-state index in [0.29, 0.717) is 11.8 Å². The molecule has 3 heterocycles. The Hall–Kier alpha value is -2.74. The third-order valence-corrected chi connectivity index (χ3v) is 4.79. The number of benzene rings is 1. The topological polar surface area (TPSA) is 62.1 Å². The lowest BCUT2D eigenvalue weighted by Crippen LogP contribution is -2.46. The molecule has 0 spiro atoms. The van der Waals surface area contributed by atoms with Crippen molar-refractivity contribution in [2.75, 3.05) is 42.9 Å². The van der Waals surface area contributed by atoms with Gasteiger partial charge in [0.05, 0.1) is 11.6 Å². The van der Waals surface area contributed by atoms with E-state index in [-0.39, 0.29) is 5.82 Å². The van der Waals surface area contributed by atoms with Crippen molar-refractivity contribution in [3.8, 4) is 0 Å². The number of aryl methyl sites for hydroxylation is 1. The van der Waals surface area contributed by atoms with Crippen LogP contribution in [0.15, 0.2) is 30.5 Å². The molecule has 2 aromatic heterocycles. The van der Waals surface area contributed by atoms with Gasteiger partial charge in [-0.2, -0.15) is 15.1 Å². The number of piperazine rings is 1. The molecule has 26 heavy (non-hydrogen) atoms. The fourth-order valence-electron chi connectivity index (χ4n) is 3.18. The summed E-state index contributed by atoms with van der Waals surface area (Å²) in [5.41, 5.74) is 1.55. The van der Waals surface area contributed by atoms with Crippen molar-refractivity contribution in [2.24, 2.45) is 7.05 Å². The number of fused-ring (bicyclic) bond motifs is 1. The van der Waals surface area contributed by atoms with Crippen molar-refractivity contribution in [1.82, 2.24) is 24.6 Å². The number of nitrogens with zero attached hydrogens (tertiary/aromatic N) is 6. The predicted molar refractivity (Wildman–Crippen MR) is 100 cm³/mol. The summed E-state index contributed by atoms with van der Waals surface area (Å²) in [5.74, 6) is 1.11. The van der Waals surface area contributed by atoms with Crippen molar-refractivity contribution in [3.63, 3.8) is 0 Å². The fourth-order valence-corrected chi connectivity index (χ4v) is 3.18. The van der Waals surface area contributed by atoms with Crippen molar-refractivity contribution < 1.29 is 4.39 Å². The summed E-state index contributed by atoms with van der Waals surface area (Å²) in [6.07, 6.45) is 1.75. The third kappa shape index (κ3) is 3.20. The Labute approximate surface area is 151 Å². The molecule has 1 aromatic carbocycles. The minimum atomic E-state index is -0.265. The van der Waals surface area contributed by atoms with E-state index in [9.17, 15) is 4.39 Å². The minimum Gasteiger partial charge on any atom is -0.339 e. The molecule has 1 fully saturated rings. The van der Waals surface area contributed by atoms with Gasteiger partial charge in [0.2, 0.25) is 5.95 Å². The summed E-state index contributed by atoms with van der Waals surface area (Å²) in [6, 6.07) is 6.24. The van der Waals surface area contributed by atoms with E-state index < -0.39 is 0 Å². The summed E-state index contributed by atoms with van der Waals surface area (Å²) >= 11 is 0. The van der Waals surface area contributed by atoms with Gasteiger partial charge in [0.15, 0.2) is 5.65 Å². The van der Waals surface area contributed by atoms with Crippen molar-refractivity contribution in [2.45, 2.75) is 6.92 Å². The Morgan fingerprint density at radius 3 is 2.50 bits per heavy atom. The van der Waals surface area contributed by atoms with Crippen molar-refractivity contribution >= 4 is 28.5 Å². The molecule has 0 bridgehead atoms. The first-order valence-corrected chi connectivity index (χ1v) is 8.83. The highest BCUT2D eigenvalue weighted by molar-refractivity contribution is 5.89. The van der Waals surface area contributed by atoms with Crippen LogP contribution in [0.3, 0.4) is 0 Å². The summed E-state index contributed by atoms with van der Waals surface area (Å²) in [5, 5.41) is 8.43. The van der Waals surface area contributed by atoms with E-state index in [1.807, 2.05) is 7.05 Å². The standard InChI is InChI=1S/C18H22FN7/c1-3-25-8-10-26(11-9-25)18-22-16(15-12-20-24(2)17(15)23-18)21-14-6-4-13(19)5-7-14/h4-7,12H,3,8-11H2,1-2H3,(H,21,22,23).